The quantitative estimate of drug-likeness (QED) is 0.723. The molecule has 112 valence electrons. The molecule has 1 aliphatic rings. The Bertz CT molecular complexity index is 426. The molecule has 2 atom stereocenters. The van der Waals surface area contributed by atoms with E-state index in [4.69, 9.17) is 8.92 Å². The predicted octanol–water partition coefficient (Wildman–Crippen LogP) is 1.61. The van der Waals surface area contributed by atoms with E-state index < -0.39 is 27.9 Å². The predicted molar refractivity (Wildman–Crippen MR) is 71.3 cm³/mol. The summed E-state index contributed by atoms with van der Waals surface area (Å²) in [5, 5.41) is 0. The van der Waals surface area contributed by atoms with Crippen LogP contribution in [0, 0.1) is 5.92 Å². The van der Waals surface area contributed by atoms with Crippen LogP contribution in [0.25, 0.3) is 0 Å². The molecule has 7 heteroatoms. The maximum absolute atomic E-state index is 12.0. The lowest BCUT2D eigenvalue weighted by molar-refractivity contribution is 0.000450. The average molecular weight is 293 g/mol. The van der Waals surface area contributed by atoms with Gasteiger partial charge in [0, 0.05) is 6.54 Å². The first-order valence-corrected chi connectivity index (χ1v) is 8.14. The van der Waals surface area contributed by atoms with E-state index >= 15 is 0 Å². The monoisotopic (exact) mass is 293 g/mol. The van der Waals surface area contributed by atoms with Gasteiger partial charge in [-0.15, -0.1) is 0 Å². The van der Waals surface area contributed by atoms with Crippen LogP contribution in [0.4, 0.5) is 4.79 Å². The summed E-state index contributed by atoms with van der Waals surface area (Å²) >= 11 is 0. The summed E-state index contributed by atoms with van der Waals surface area (Å²) in [7, 11) is -3.51. The lowest BCUT2D eigenvalue weighted by Gasteiger charge is -2.36. The van der Waals surface area contributed by atoms with Crippen LogP contribution in [0.15, 0.2) is 0 Å². The van der Waals surface area contributed by atoms with E-state index in [0.717, 1.165) is 6.26 Å². The van der Waals surface area contributed by atoms with E-state index in [0.29, 0.717) is 13.0 Å². The summed E-state index contributed by atoms with van der Waals surface area (Å²) in [6, 6.07) is 0. The van der Waals surface area contributed by atoms with Crippen molar-refractivity contribution in [3.63, 3.8) is 0 Å². The van der Waals surface area contributed by atoms with Gasteiger partial charge in [0.1, 0.15) is 5.60 Å². The summed E-state index contributed by atoms with van der Waals surface area (Å²) in [5.41, 5.74) is -0.565. The molecule has 0 N–H and O–H groups in total. The zero-order chi connectivity index (χ0) is 14.8. The van der Waals surface area contributed by atoms with Gasteiger partial charge in [-0.1, -0.05) is 6.92 Å². The molecule has 6 nitrogen and oxygen atoms in total. The Morgan fingerprint density at radius 1 is 1.26 bits per heavy atom. The molecule has 1 aliphatic heterocycles. The molecule has 0 unspecified atom stereocenters. The summed E-state index contributed by atoms with van der Waals surface area (Å²) < 4.78 is 32.6. The summed E-state index contributed by atoms with van der Waals surface area (Å²) in [4.78, 5) is 13.5. The molecule has 0 aliphatic carbocycles. The Labute approximate surface area is 115 Å². The molecule has 0 spiro atoms. The third kappa shape index (κ3) is 6.24. The summed E-state index contributed by atoms with van der Waals surface area (Å²) in [6.07, 6.45) is 0.712. The average Bonchev–Trinajstić information content (AvgIpc) is 2.10. The van der Waals surface area contributed by atoms with Gasteiger partial charge in [-0.2, -0.15) is 8.42 Å². The molecule has 1 amide bonds. The standard InChI is InChI=1S/C12H23NO5S/c1-9-6-10(18-19(5,15)16)8-13(7-9)11(14)17-12(2,3)4/h9-10H,6-8H2,1-5H3/t9-,10+/m1/s1. The molecule has 1 fully saturated rings. The second-order valence-corrected chi connectivity index (χ2v) is 7.75. The molecular formula is C12H23NO5S. The molecule has 0 aromatic rings. The minimum atomic E-state index is -3.51. The number of carbonyl (C=O) groups is 1. The van der Waals surface area contributed by atoms with Crippen LogP contribution in [0.3, 0.4) is 0 Å². The SMILES string of the molecule is C[C@@H]1C[C@H](OS(C)(=O)=O)CN(C(=O)OC(C)(C)C)C1. The highest BCUT2D eigenvalue weighted by molar-refractivity contribution is 7.86. The molecule has 19 heavy (non-hydrogen) atoms. The van der Waals surface area contributed by atoms with Gasteiger partial charge in [-0.25, -0.2) is 4.79 Å². The Morgan fingerprint density at radius 2 is 1.84 bits per heavy atom. The second-order valence-electron chi connectivity index (χ2n) is 6.15. The number of amides is 1. The van der Waals surface area contributed by atoms with Gasteiger partial charge in [-0.05, 0) is 33.1 Å². The van der Waals surface area contributed by atoms with Crippen LogP contribution in [-0.2, 0) is 19.0 Å². The van der Waals surface area contributed by atoms with Crippen LogP contribution in [0.1, 0.15) is 34.1 Å². The van der Waals surface area contributed by atoms with Gasteiger partial charge in [0.05, 0.1) is 18.9 Å². The Balaban J connectivity index is 2.67. The Hall–Kier alpha value is -0.820. The molecular weight excluding hydrogens is 270 g/mol. The smallest absolute Gasteiger partial charge is 0.410 e. The lowest BCUT2D eigenvalue weighted by atomic mass is 9.98. The molecule has 0 saturated carbocycles. The van der Waals surface area contributed by atoms with E-state index in [-0.39, 0.29) is 12.5 Å². The molecule has 0 aromatic carbocycles. The first-order chi connectivity index (χ1) is 8.46. The normalized spacial score (nSPS) is 25.2. The van der Waals surface area contributed by atoms with E-state index in [1.54, 1.807) is 20.8 Å². The fourth-order valence-corrected chi connectivity index (χ4v) is 2.72. The Morgan fingerprint density at radius 3 is 2.32 bits per heavy atom. The zero-order valence-electron chi connectivity index (χ0n) is 12.2. The van der Waals surface area contributed by atoms with Crippen molar-refractivity contribution in [3.05, 3.63) is 0 Å². The first-order valence-electron chi connectivity index (χ1n) is 6.32. The van der Waals surface area contributed by atoms with E-state index in [1.165, 1.54) is 4.90 Å². The number of piperidine rings is 1. The number of ether oxygens (including phenoxy) is 1. The highest BCUT2D eigenvalue weighted by atomic mass is 32.2. The highest BCUT2D eigenvalue weighted by Crippen LogP contribution is 2.22. The van der Waals surface area contributed by atoms with Crippen molar-refractivity contribution in [2.45, 2.75) is 45.8 Å². The van der Waals surface area contributed by atoms with Crippen LogP contribution in [-0.4, -0.2) is 50.5 Å². The van der Waals surface area contributed by atoms with Gasteiger partial charge in [0.2, 0.25) is 0 Å². The van der Waals surface area contributed by atoms with E-state index in [9.17, 15) is 13.2 Å². The van der Waals surface area contributed by atoms with Gasteiger partial charge in [0.15, 0.2) is 0 Å². The number of hydrogen-bond acceptors (Lipinski definition) is 5. The molecule has 1 heterocycles. The zero-order valence-corrected chi connectivity index (χ0v) is 13.0. The number of rotatable bonds is 2. The Kier molecular flexibility index (Phi) is 4.84. The van der Waals surface area contributed by atoms with Crippen molar-refractivity contribution < 1.29 is 22.1 Å². The number of likely N-dealkylation sites (tertiary alicyclic amines) is 1. The number of nitrogens with zero attached hydrogens (tertiary/aromatic N) is 1. The van der Waals surface area contributed by atoms with Crippen LogP contribution < -0.4 is 0 Å². The van der Waals surface area contributed by atoms with Gasteiger partial charge in [0.25, 0.3) is 10.1 Å². The van der Waals surface area contributed by atoms with Gasteiger partial charge in [-0.3, -0.25) is 4.18 Å². The van der Waals surface area contributed by atoms with Crippen molar-refractivity contribution in [1.82, 2.24) is 4.90 Å². The minimum Gasteiger partial charge on any atom is -0.444 e. The summed E-state index contributed by atoms with van der Waals surface area (Å²) in [5.74, 6) is 0.174. The molecule has 0 radical (unpaired) electrons. The fourth-order valence-electron chi connectivity index (χ4n) is 2.09. The number of carbonyl (C=O) groups excluding carboxylic acids is 1. The van der Waals surface area contributed by atoms with Crippen molar-refractivity contribution in [2.75, 3.05) is 19.3 Å². The molecule has 0 bridgehead atoms. The maximum atomic E-state index is 12.0. The summed E-state index contributed by atoms with van der Waals surface area (Å²) in [6.45, 7) is 8.13. The fraction of sp³-hybridized carbons (Fsp3) is 0.917. The van der Waals surface area contributed by atoms with E-state index in [1.807, 2.05) is 6.92 Å². The van der Waals surface area contributed by atoms with Crippen LogP contribution in [0.2, 0.25) is 0 Å². The molecule has 1 saturated heterocycles. The van der Waals surface area contributed by atoms with E-state index in [2.05, 4.69) is 0 Å². The number of hydrogen-bond donors (Lipinski definition) is 0. The van der Waals surface area contributed by atoms with Crippen molar-refractivity contribution >= 4 is 16.2 Å². The van der Waals surface area contributed by atoms with Crippen molar-refractivity contribution in [2.24, 2.45) is 5.92 Å². The maximum Gasteiger partial charge on any atom is 0.410 e. The van der Waals surface area contributed by atoms with Crippen molar-refractivity contribution in [1.29, 1.82) is 0 Å². The van der Waals surface area contributed by atoms with Gasteiger partial charge < -0.3 is 9.64 Å². The lowest BCUT2D eigenvalue weighted by Crippen LogP contribution is -2.48. The van der Waals surface area contributed by atoms with Crippen LogP contribution >= 0.6 is 0 Å². The van der Waals surface area contributed by atoms with Crippen LogP contribution in [0.5, 0.6) is 0 Å². The topological polar surface area (TPSA) is 72.9 Å². The highest BCUT2D eigenvalue weighted by Gasteiger charge is 2.32. The first kappa shape index (κ1) is 16.2. The molecule has 0 aromatic heterocycles. The van der Waals surface area contributed by atoms with Crippen molar-refractivity contribution in [3.8, 4) is 0 Å². The molecule has 1 rings (SSSR count). The second kappa shape index (κ2) is 5.66. The van der Waals surface area contributed by atoms with Gasteiger partial charge >= 0.3 is 6.09 Å². The largest absolute Gasteiger partial charge is 0.444 e. The minimum absolute atomic E-state index is 0.174. The third-order valence-electron chi connectivity index (χ3n) is 2.58. The third-order valence-corrected chi connectivity index (χ3v) is 3.21.